The zero-order valence-electron chi connectivity index (χ0n) is 24.5. The van der Waals surface area contributed by atoms with E-state index in [1.165, 1.54) is 103 Å². The lowest BCUT2D eigenvalue weighted by Crippen LogP contribution is -2.25. The molecule has 0 aliphatic heterocycles. The lowest BCUT2D eigenvalue weighted by atomic mass is 9.70. The topological polar surface area (TPSA) is 34.4 Å². The van der Waals surface area contributed by atoms with Crippen molar-refractivity contribution in [2.24, 2.45) is 0 Å². The van der Waals surface area contributed by atoms with E-state index in [0.717, 1.165) is 18.6 Å². The van der Waals surface area contributed by atoms with Crippen LogP contribution in [-0.4, -0.2) is 17.3 Å². The summed E-state index contributed by atoms with van der Waals surface area (Å²) < 4.78 is 7.69. The van der Waals surface area contributed by atoms with Crippen LogP contribution in [0.15, 0.2) is 84.9 Å². The van der Waals surface area contributed by atoms with Crippen LogP contribution >= 0.6 is 0 Å². The van der Waals surface area contributed by atoms with Crippen LogP contribution in [0.2, 0.25) is 0 Å². The Kier molecular flexibility index (Phi) is 8.21. The van der Waals surface area contributed by atoms with Crippen molar-refractivity contribution < 1.29 is 9.68 Å². The summed E-state index contributed by atoms with van der Waals surface area (Å²) in [6, 6.07) is 31.0. The minimum absolute atomic E-state index is 0.0970. The first-order valence-electron chi connectivity index (χ1n) is 15.6. The summed E-state index contributed by atoms with van der Waals surface area (Å²) in [6.07, 6.45) is 12.8. The predicted molar refractivity (Wildman–Crippen MR) is 173 cm³/mol. The Morgan fingerprint density at radius 1 is 0.659 bits per heavy atom. The molecule has 0 saturated heterocycles. The van der Waals surface area contributed by atoms with Gasteiger partial charge in [0.1, 0.15) is 5.75 Å². The molecule has 1 aromatic heterocycles. The summed E-state index contributed by atoms with van der Waals surface area (Å²) >= 11 is 0. The average Bonchev–Trinajstić information content (AvgIpc) is 3.48. The Morgan fingerprint density at radius 3 is 2.10 bits per heavy atom. The number of para-hydroxylation sites is 1. The first-order valence-corrected chi connectivity index (χ1v) is 15.6. The van der Waals surface area contributed by atoms with Crippen LogP contribution in [0.4, 0.5) is 0 Å². The lowest BCUT2D eigenvalue weighted by Gasteiger charge is -2.33. The van der Waals surface area contributed by atoms with Crippen LogP contribution in [0.3, 0.4) is 0 Å². The van der Waals surface area contributed by atoms with Gasteiger partial charge in [-0.2, -0.15) is 0 Å². The van der Waals surface area contributed by atoms with Gasteiger partial charge in [-0.05, 0) is 71.5 Å². The molecule has 0 spiro atoms. The van der Waals surface area contributed by atoms with Gasteiger partial charge in [0.2, 0.25) is 0 Å². The smallest absolute Gasteiger partial charge is 0.537 e. The number of hydrogen-bond acceptors (Lipinski definition) is 2. The van der Waals surface area contributed by atoms with E-state index < -0.39 is 0 Å². The van der Waals surface area contributed by atoms with Crippen molar-refractivity contribution in [2.75, 3.05) is 0 Å². The number of unbranched alkanes of at least 4 members (excludes halogenated alkanes) is 6. The minimum Gasteiger partial charge on any atom is -0.537 e. The maximum absolute atomic E-state index is 9.21. The van der Waals surface area contributed by atoms with Gasteiger partial charge in [-0.1, -0.05) is 114 Å². The number of rotatable bonds is 13. The fourth-order valence-electron chi connectivity index (χ4n) is 7.33. The Balaban J connectivity index is 1.50. The molecule has 5 aromatic rings. The highest BCUT2D eigenvalue weighted by Gasteiger charge is 2.42. The third-order valence-corrected chi connectivity index (χ3v) is 9.26. The van der Waals surface area contributed by atoms with Gasteiger partial charge >= 0.3 is 7.69 Å². The molecule has 1 aliphatic rings. The number of hydrogen-bond donors (Lipinski definition) is 1. The molecule has 0 unspecified atom stereocenters. The van der Waals surface area contributed by atoms with E-state index >= 15 is 0 Å². The fraction of sp³-hybridized carbons (Fsp3) is 0.351. The van der Waals surface area contributed by atoms with Gasteiger partial charge in [-0.25, -0.2) is 0 Å². The summed E-state index contributed by atoms with van der Waals surface area (Å²) in [5.74, 6) is 0.627. The Labute approximate surface area is 245 Å². The zero-order chi connectivity index (χ0) is 28.2. The van der Waals surface area contributed by atoms with Crippen molar-refractivity contribution in [3.8, 4) is 22.6 Å². The highest BCUT2D eigenvalue weighted by molar-refractivity contribution is 6.17. The maximum Gasteiger partial charge on any atom is 0.569 e. The van der Waals surface area contributed by atoms with E-state index in [1.807, 2.05) is 12.1 Å². The fourth-order valence-corrected chi connectivity index (χ4v) is 7.33. The lowest BCUT2D eigenvalue weighted by molar-refractivity contribution is 0.401. The van der Waals surface area contributed by atoms with Gasteiger partial charge in [0.05, 0.1) is 11.0 Å². The molecule has 0 fully saturated rings. The molecule has 0 saturated carbocycles. The number of benzene rings is 4. The number of aromatic nitrogens is 1. The molecule has 41 heavy (non-hydrogen) atoms. The molecule has 209 valence electrons. The van der Waals surface area contributed by atoms with Gasteiger partial charge in [0, 0.05) is 21.9 Å². The second-order valence-electron chi connectivity index (χ2n) is 11.7. The highest BCUT2D eigenvalue weighted by Crippen LogP contribution is 2.54. The van der Waals surface area contributed by atoms with Crippen LogP contribution in [0.25, 0.3) is 38.6 Å². The van der Waals surface area contributed by atoms with Gasteiger partial charge in [0.15, 0.2) is 0 Å². The Hall–Kier alpha value is -3.50. The summed E-state index contributed by atoms with van der Waals surface area (Å²) in [4.78, 5) is 0. The van der Waals surface area contributed by atoms with Crippen molar-refractivity contribution in [1.82, 2.24) is 4.57 Å². The summed E-state index contributed by atoms with van der Waals surface area (Å²) in [5.41, 5.74) is 9.43. The third kappa shape index (κ3) is 4.97. The number of fused-ring (bicyclic) bond motifs is 6. The normalized spacial score (nSPS) is 13.4. The van der Waals surface area contributed by atoms with E-state index in [9.17, 15) is 5.02 Å². The summed E-state index contributed by atoms with van der Waals surface area (Å²) in [7, 11) is 0.745. The minimum atomic E-state index is 0.0970. The van der Waals surface area contributed by atoms with Crippen LogP contribution in [0, 0.1) is 0 Å². The average molecular weight is 543 g/mol. The van der Waals surface area contributed by atoms with E-state index in [0.29, 0.717) is 5.75 Å². The van der Waals surface area contributed by atoms with Crippen molar-refractivity contribution in [2.45, 2.75) is 83.5 Å². The molecule has 4 aromatic carbocycles. The van der Waals surface area contributed by atoms with Crippen molar-refractivity contribution in [3.63, 3.8) is 0 Å². The van der Waals surface area contributed by atoms with Gasteiger partial charge in [0.25, 0.3) is 0 Å². The van der Waals surface area contributed by atoms with Crippen molar-refractivity contribution in [1.29, 1.82) is 0 Å². The van der Waals surface area contributed by atoms with E-state index in [1.54, 1.807) is 0 Å². The second kappa shape index (κ2) is 12.2. The monoisotopic (exact) mass is 542 g/mol. The molecule has 6 rings (SSSR count). The van der Waals surface area contributed by atoms with Crippen LogP contribution in [0.1, 0.15) is 89.2 Å². The molecule has 0 bridgehead atoms. The Morgan fingerprint density at radius 2 is 1.34 bits per heavy atom. The molecule has 1 heterocycles. The molecule has 0 atom stereocenters. The second-order valence-corrected chi connectivity index (χ2v) is 11.7. The van der Waals surface area contributed by atoms with E-state index in [-0.39, 0.29) is 5.41 Å². The molecule has 4 heteroatoms. The zero-order valence-corrected chi connectivity index (χ0v) is 24.5. The quantitative estimate of drug-likeness (QED) is 0.119. The van der Waals surface area contributed by atoms with E-state index in [2.05, 4.69) is 91.2 Å². The van der Waals surface area contributed by atoms with Crippen LogP contribution in [0.5, 0.6) is 5.75 Å². The summed E-state index contributed by atoms with van der Waals surface area (Å²) in [6.45, 7) is 4.60. The van der Waals surface area contributed by atoms with Gasteiger partial charge in [-0.3, -0.25) is 0 Å². The molecule has 0 amide bonds. The van der Waals surface area contributed by atoms with E-state index in [4.69, 9.17) is 4.65 Å². The molecular formula is C37H41BNO2. The standard InChI is InChI=1S/C37H41BNO2/c1-3-5-7-13-23-37(24-14-8-6-4-2)33-17-11-9-15-29(33)31-25-27(19-21-34(31)37)39-35-18-12-10-16-30(35)32-26-28(41-38-40)20-22-36(32)39/h9-12,15-22,25-26,40H,3-8,13-14,23-24H2,1-2H3. The molecular weight excluding hydrogens is 501 g/mol. The maximum atomic E-state index is 9.21. The van der Waals surface area contributed by atoms with Crippen molar-refractivity contribution in [3.05, 3.63) is 96.1 Å². The SMILES string of the molecule is CCCCCCC1(CCCCCC)c2ccccc2-c2cc(-n3c4ccccc4c4cc(O[B]O)ccc43)ccc21. The first-order chi connectivity index (χ1) is 20.2. The first kappa shape index (κ1) is 27.7. The number of nitrogens with zero attached hydrogens (tertiary/aromatic N) is 1. The summed E-state index contributed by atoms with van der Waals surface area (Å²) in [5, 5.41) is 11.5. The van der Waals surface area contributed by atoms with Crippen LogP contribution < -0.4 is 4.65 Å². The molecule has 3 nitrogen and oxygen atoms in total. The molecule has 1 aliphatic carbocycles. The largest absolute Gasteiger partial charge is 0.569 e. The van der Waals surface area contributed by atoms with Crippen LogP contribution in [-0.2, 0) is 5.41 Å². The molecule has 1 N–H and O–H groups in total. The third-order valence-electron chi connectivity index (χ3n) is 9.26. The Bertz CT molecular complexity index is 1640. The molecule has 1 radical (unpaired) electrons. The van der Waals surface area contributed by atoms with Gasteiger partial charge < -0.3 is 14.2 Å². The predicted octanol–water partition coefficient (Wildman–Crippen LogP) is 9.90. The van der Waals surface area contributed by atoms with Gasteiger partial charge in [-0.15, -0.1) is 0 Å². The highest BCUT2D eigenvalue weighted by atomic mass is 16.5. The van der Waals surface area contributed by atoms with Crippen molar-refractivity contribution >= 4 is 29.5 Å².